The molecule has 0 saturated heterocycles. The Morgan fingerprint density at radius 1 is 1.40 bits per heavy atom. The van der Waals surface area contributed by atoms with Gasteiger partial charge in [0.2, 0.25) is 5.76 Å². The Hall–Kier alpha value is -2.30. The van der Waals surface area contributed by atoms with Crippen LogP contribution in [-0.2, 0) is 0 Å². The predicted molar refractivity (Wildman–Crippen MR) is 76.0 cm³/mol. The zero-order chi connectivity index (χ0) is 14.5. The van der Waals surface area contributed by atoms with Crippen LogP contribution in [0.15, 0.2) is 34.9 Å². The van der Waals surface area contributed by atoms with E-state index >= 15 is 0 Å². The lowest BCUT2D eigenvalue weighted by Crippen LogP contribution is -2.13. The third kappa shape index (κ3) is 3.60. The van der Waals surface area contributed by atoms with Crippen molar-refractivity contribution in [1.82, 2.24) is 5.16 Å². The van der Waals surface area contributed by atoms with E-state index in [1.165, 1.54) is 0 Å². The highest BCUT2D eigenvalue weighted by atomic mass is 16.5. The minimum absolute atomic E-state index is 0.182. The van der Waals surface area contributed by atoms with E-state index < -0.39 is 0 Å². The Kier molecular flexibility index (Phi) is 4.40. The van der Waals surface area contributed by atoms with Gasteiger partial charge in [-0.3, -0.25) is 4.79 Å². The molecular weight excluding hydrogens is 256 g/mol. The van der Waals surface area contributed by atoms with Gasteiger partial charge in [0.1, 0.15) is 5.75 Å². The van der Waals surface area contributed by atoms with Crippen LogP contribution in [-0.4, -0.2) is 17.7 Å². The van der Waals surface area contributed by atoms with Gasteiger partial charge in [0.15, 0.2) is 0 Å². The standard InChI is InChI=1S/C15H18N2O3/c1-10(2)9-19-13-7-5-4-6-12(13)16-15(18)14-8-11(3)17-20-14/h4-8,10H,9H2,1-3H3,(H,16,18). The molecule has 2 aromatic rings. The van der Waals surface area contributed by atoms with E-state index in [9.17, 15) is 4.79 Å². The zero-order valence-electron chi connectivity index (χ0n) is 11.8. The summed E-state index contributed by atoms with van der Waals surface area (Å²) in [6.07, 6.45) is 0. The minimum atomic E-state index is -0.341. The van der Waals surface area contributed by atoms with Crippen LogP contribution in [0.25, 0.3) is 0 Å². The Bertz CT molecular complexity index is 590. The van der Waals surface area contributed by atoms with Crippen LogP contribution < -0.4 is 10.1 Å². The molecule has 0 unspecified atom stereocenters. The number of nitrogens with one attached hydrogen (secondary N) is 1. The maximum absolute atomic E-state index is 12.0. The summed E-state index contributed by atoms with van der Waals surface area (Å²) in [5.41, 5.74) is 1.28. The van der Waals surface area contributed by atoms with Crippen molar-refractivity contribution in [2.45, 2.75) is 20.8 Å². The summed E-state index contributed by atoms with van der Waals surface area (Å²) in [7, 11) is 0. The summed E-state index contributed by atoms with van der Waals surface area (Å²) in [6, 6.07) is 8.90. The molecule has 0 aliphatic rings. The molecule has 0 fully saturated rings. The van der Waals surface area contributed by atoms with Crippen LogP contribution in [0.1, 0.15) is 30.1 Å². The second kappa shape index (κ2) is 6.23. The van der Waals surface area contributed by atoms with Crippen molar-refractivity contribution in [3.05, 3.63) is 41.8 Å². The second-order valence-corrected chi connectivity index (χ2v) is 4.99. The maximum atomic E-state index is 12.0. The fraction of sp³-hybridized carbons (Fsp3) is 0.333. The smallest absolute Gasteiger partial charge is 0.294 e. The van der Waals surface area contributed by atoms with Gasteiger partial charge in [-0.25, -0.2) is 0 Å². The number of benzene rings is 1. The summed E-state index contributed by atoms with van der Waals surface area (Å²) in [4.78, 5) is 12.0. The third-order valence-electron chi connectivity index (χ3n) is 2.56. The molecule has 1 amide bonds. The van der Waals surface area contributed by atoms with E-state index in [1.807, 2.05) is 18.2 Å². The lowest BCUT2D eigenvalue weighted by Gasteiger charge is -2.13. The van der Waals surface area contributed by atoms with Gasteiger partial charge in [0.25, 0.3) is 5.91 Å². The number of ether oxygens (including phenoxy) is 1. The minimum Gasteiger partial charge on any atom is -0.491 e. The first-order valence-corrected chi connectivity index (χ1v) is 6.52. The van der Waals surface area contributed by atoms with E-state index in [0.717, 1.165) is 0 Å². The lowest BCUT2D eigenvalue weighted by atomic mass is 10.2. The molecule has 5 nitrogen and oxygen atoms in total. The molecule has 0 spiro atoms. The Labute approximate surface area is 117 Å². The van der Waals surface area contributed by atoms with Gasteiger partial charge in [-0.05, 0) is 25.0 Å². The number of rotatable bonds is 5. The molecule has 0 aliphatic carbocycles. The highest BCUT2D eigenvalue weighted by molar-refractivity contribution is 6.03. The van der Waals surface area contributed by atoms with Crippen molar-refractivity contribution in [3.8, 4) is 5.75 Å². The number of hydrogen-bond donors (Lipinski definition) is 1. The summed E-state index contributed by atoms with van der Waals surface area (Å²) in [5.74, 6) is 0.897. The average Bonchev–Trinajstić information content (AvgIpc) is 2.84. The number of para-hydroxylation sites is 2. The third-order valence-corrected chi connectivity index (χ3v) is 2.56. The molecule has 1 aromatic heterocycles. The first-order valence-electron chi connectivity index (χ1n) is 6.52. The van der Waals surface area contributed by atoms with Gasteiger partial charge in [-0.1, -0.05) is 31.1 Å². The van der Waals surface area contributed by atoms with E-state index in [1.54, 1.807) is 19.1 Å². The quantitative estimate of drug-likeness (QED) is 0.908. The van der Waals surface area contributed by atoms with E-state index in [0.29, 0.717) is 29.7 Å². The molecular formula is C15H18N2O3. The number of amides is 1. The molecule has 1 N–H and O–H groups in total. The van der Waals surface area contributed by atoms with Crippen LogP contribution in [0.3, 0.4) is 0 Å². The SMILES string of the molecule is Cc1cc(C(=O)Nc2ccccc2OCC(C)C)on1. The zero-order valence-corrected chi connectivity index (χ0v) is 11.8. The molecule has 1 heterocycles. The van der Waals surface area contributed by atoms with Crippen LogP contribution in [0, 0.1) is 12.8 Å². The Balaban J connectivity index is 2.10. The molecule has 0 bridgehead atoms. The molecule has 2 rings (SSSR count). The number of aryl methyl sites for hydroxylation is 1. The fourth-order valence-corrected chi connectivity index (χ4v) is 1.61. The van der Waals surface area contributed by atoms with Gasteiger partial charge < -0.3 is 14.6 Å². The van der Waals surface area contributed by atoms with Gasteiger partial charge in [-0.15, -0.1) is 0 Å². The largest absolute Gasteiger partial charge is 0.491 e. The molecule has 0 aliphatic heterocycles. The number of aromatic nitrogens is 1. The number of nitrogens with zero attached hydrogens (tertiary/aromatic N) is 1. The molecule has 0 radical (unpaired) electrons. The van der Waals surface area contributed by atoms with Gasteiger partial charge in [-0.2, -0.15) is 0 Å². The molecule has 106 valence electrons. The number of anilines is 1. The van der Waals surface area contributed by atoms with E-state index in [2.05, 4.69) is 24.3 Å². The van der Waals surface area contributed by atoms with Gasteiger partial charge >= 0.3 is 0 Å². The van der Waals surface area contributed by atoms with Crippen molar-refractivity contribution in [1.29, 1.82) is 0 Å². The van der Waals surface area contributed by atoms with Crippen molar-refractivity contribution >= 4 is 11.6 Å². The number of carbonyl (C=O) groups excluding carboxylic acids is 1. The van der Waals surface area contributed by atoms with Crippen LogP contribution in [0.2, 0.25) is 0 Å². The lowest BCUT2D eigenvalue weighted by molar-refractivity contribution is 0.0987. The van der Waals surface area contributed by atoms with Crippen LogP contribution in [0.4, 0.5) is 5.69 Å². The molecule has 1 aromatic carbocycles. The topological polar surface area (TPSA) is 64.4 Å². The van der Waals surface area contributed by atoms with Gasteiger partial charge in [0, 0.05) is 6.07 Å². The molecule has 20 heavy (non-hydrogen) atoms. The summed E-state index contributed by atoms with van der Waals surface area (Å²) in [5, 5.41) is 6.46. The second-order valence-electron chi connectivity index (χ2n) is 4.99. The summed E-state index contributed by atoms with van der Waals surface area (Å²) >= 11 is 0. The maximum Gasteiger partial charge on any atom is 0.294 e. The summed E-state index contributed by atoms with van der Waals surface area (Å²) < 4.78 is 10.6. The Morgan fingerprint density at radius 2 is 2.15 bits per heavy atom. The highest BCUT2D eigenvalue weighted by Gasteiger charge is 2.14. The van der Waals surface area contributed by atoms with Crippen molar-refractivity contribution in [2.75, 3.05) is 11.9 Å². The fourth-order valence-electron chi connectivity index (χ4n) is 1.61. The van der Waals surface area contributed by atoms with Crippen LogP contribution in [0.5, 0.6) is 5.75 Å². The van der Waals surface area contributed by atoms with Crippen molar-refractivity contribution in [2.24, 2.45) is 5.92 Å². The summed E-state index contributed by atoms with van der Waals surface area (Å²) in [6.45, 7) is 6.49. The first kappa shape index (κ1) is 14.1. The first-order chi connectivity index (χ1) is 9.56. The van der Waals surface area contributed by atoms with E-state index in [-0.39, 0.29) is 11.7 Å². The number of carbonyl (C=O) groups is 1. The number of hydrogen-bond acceptors (Lipinski definition) is 4. The molecule has 0 atom stereocenters. The van der Waals surface area contributed by atoms with Crippen molar-refractivity contribution in [3.63, 3.8) is 0 Å². The Morgan fingerprint density at radius 3 is 2.80 bits per heavy atom. The average molecular weight is 274 g/mol. The van der Waals surface area contributed by atoms with Crippen LogP contribution >= 0.6 is 0 Å². The van der Waals surface area contributed by atoms with E-state index in [4.69, 9.17) is 9.26 Å². The van der Waals surface area contributed by atoms with Gasteiger partial charge in [0.05, 0.1) is 18.0 Å². The predicted octanol–water partition coefficient (Wildman–Crippen LogP) is 3.27. The monoisotopic (exact) mass is 274 g/mol. The normalized spacial score (nSPS) is 10.6. The van der Waals surface area contributed by atoms with Crippen molar-refractivity contribution < 1.29 is 14.1 Å². The molecule has 0 saturated carbocycles. The molecule has 5 heteroatoms. The highest BCUT2D eigenvalue weighted by Crippen LogP contribution is 2.24.